The molecule has 0 aromatic carbocycles. The van der Waals surface area contributed by atoms with Crippen LogP contribution in [0, 0.1) is 0 Å². The van der Waals surface area contributed by atoms with Gasteiger partial charge >= 0.3 is 0 Å². The Morgan fingerprint density at radius 2 is 1.80 bits per heavy atom. The molecule has 15 heavy (non-hydrogen) atoms. The van der Waals surface area contributed by atoms with E-state index in [1.807, 2.05) is 13.0 Å². The first kappa shape index (κ1) is 16.1. The predicted molar refractivity (Wildman–Crippen MR) is 76.1 cm³/mol. The lowest BCUT2D eigenvalue weighted by atomic mass is 10.0. The van der Waals surface area contributed by atoms with Crippen molar-refractivity contribution in [3.63, 3.8) is 0 Å². The lowest BCUT2D eigenvalue weighted by molar-refractivity contribution is 0.790. The van der Waals surface area contributed by atoms with Gasteiger partial charge < -0.3 is 0 Å². The van der Waals surface area contributed by atoms with E-state index >= 15 is 0 Å². The monoisotopic (exact) mass is 352 g/mol. The number of hydrogen-bond acceptors (Lipinski definition) is 0. The van der Waals surface area contributed by atoms with Crippen molar-refractivity contribution in [3.05, 3.63) is 23.8 Å². The number of halogens is 5. The highest BCUT2D eigenvalue weighted by molar-refractivity contribution is 9.09. The molecule has 0 N–H and O–H groups in total. The highest BCUT2D eigenvalue weighted by atomic mass is 79.9. The van der Waals surface area contributed by atoms with E-state index in [4.69, 9.17) is 46.4 Å². The Morgan fingerprint density at radius 3 is 2.20 bits per heavy atom. The molecule has 0 radical (unpaired) electrons. The van der Waals surface area contributed by atoms with Gasteiger partial charge in [0.2, 0.25) is 0 Å². The summed E-state index contributed by atoms with van der Waals surface area (Å²) in [6, 6.07) is 0. The van der Waals surface area contributed by atoms with Crippen LogP contribution in [0.5, 0.6) is 0 Å². The molecule has 0 spiro atoms. The van der Waals surface area contributed by atoms with Gasteiger partial charge in [-0.2, -0.15) is 0 Å². The number of hydrogen-bond donors (Lipinski definition) is 0. The van der Waals surface area contributed by atoms with Gasteiger partial charge in [-0.3, -0.25) is 0 Å². The maximum absolute atomic E-state index is 6.15. The third kappa shape index (κ3) is 6.43. The van der Waals surface area contributed by atoms with E-state index in [1.165, 1.54) is 5.54 Å². The van der Waals surface area contributed by atoms with Gasteiger partial charge in [0, 0.05) is 10.9 Å². The summed E-state index contributed by atoms with van der Waals surface area (Å²) in [7, 11) is 0. The SMILES string of the molecule is C[C@@](Cl)(/C=C/[C@H](Cl)[C@](C)(Cl)/C=C/Cl)CBr. The molecule has 0 saturated heterocycles. The quantitative estimate of drug-likeness (QED) is 0.464. The summed E-state index contributed by atoms with van der Waals surface area (Å²) in [6.45, 7) is 3.67. The summed E-state index contributed by atoms with van der Waals surface area (Å²) in [4.78, 5) is -1.16. The third-order valence-electron chi connectivity index (χ3n) is 1.80. The Bertz CT molecular complexity index is 246. The molecule has 0 aliphatic rings. The van der Waals surface area contributed by atoms with Gasteiger partial charge in [-0.1, -0.05) is 45.8 Å². The van der Waals surface area contributed by atoms with Crippen LogP contribution in [0.15, 0.2) is 23.8 Å². The van der Waals surface area contributed by atoms with E-state index in [9.17, 15) is 0 Å². The summed E-state index contributed by atoms with van der Waals surface area (Å²) >= 11 is 27.1. The van der Waals surface area contributed by atoms with E-state index in [1.54, 1.807) is 19.1 Å². The standard InChI is InChI=1S/C10H13BrCl4/c1-9(14,7-11)4-3-8(13)10(2,15)5-6-12/h3-6,8H,7H2,1-2H3/b4-3+,6-5+/t8-,9+,10+/m0/s1. The van der Waals surface area contributed by atoms with Crippen LogP contribution in [-0.4, -0.2) is 20.5 Å². The van der Waals surface area contributed by atoms with Crippen molar-refractivity contribution in [1.29, 1.82) is 0 Å². The van der Waals surface area contributed by atoms with Gasteiger partial charge in [0.05, 0.1) is 15.1 Å². The highest BCUT2D eigenvalue weighted by Gasteiger charge is 2.26. The van der Waals surface area contributed by atoms with Crippen LogP contribution in [-0.2, 0) is 0 Å². The first-order valence-corrected chi connectivity index (χ1v) is 7.05. The summed E-state index contributed by atoms with van der Waals surface area (Å²) in [5.74, 6) is 0. The van der Waals surface area contributed by atoms with Crippen molar-refractivity contribution in [2.75, 3.05) is 5.33 Å². The maximum atomic E-state index is 6.15. The van der Waals surface area contributed by atoms with Crippen molar-refractivity contribution in [1.82, 2.24) is 0 Å². The van der Waals surface area contributed by atoms with Crippen molar-refractivity contribution in [3.8, 4) is 0 Å². The Labute approximate surface area is 120 Å². The lowest BCUT2D eigenvalue weighted by Gasteiger charge is -2.22. The molecule has 88 valence electrons. The second-order valence-corrected chi connectivity index (χ2v) is 6.58. The van der Waals surface area contributed by atoms with E-state index in [0.717, 1.165) is 0 Å². The van der Waals surface area contributed by atoms with E-state index in [2.05, 4.69) is 15.9 Å². The Morgan fingerprint density at radius 1 is 1.27 bits per heavy atom. The van der Waals surface area contributed by atoms with E-state index in [-0.39, 0.29) is 5.38 Å². The van der Waals surface area contributed by atoms with Gasteiger partial charge in [-0.25, -0.2) is 0 Å². The first-order valence-electron chi connectivity index (χ1n) is 4.30. The zero-order valence-corrected chi connectivity index (χ0v) is 13.1. The van der Waals surface area contributed by atoms with Gasteiger partial charge in [0.25, 0.3) is 0 Å². The molecule has 3 atom stereocenters. The van der Waals surface area contributed by atoms with Crippen molar-refractivity contribution < 1.29 is 0 Å². The minimum atomic E-state index is -0.709. The molecule has 0 saturated carbocycles. The van der Waals surface area contributed by atoms with Crippen molar-refractivity contribution >= 4 is 62.3 Å². The molecule has 5 heteroatoms. The highest BCUT2D eigenvalue weighted by Crippen LogP contribution is 2.29. The predicted octanol–water partition coefficient (Wildman–Crippen LogP) is 5.29. The zero-order chi connectivity index (χ0) is 12.1. The molecule has 0 unspecified atom stereocenters. The summed E-state index contributed by atoms with van der Waals surface area (Å²) < 4.78 is 0. The molecule has 0 heterocycles. The Hall–Kier alpha value is 1.12. The fraction of sp³-hybridized carbons (Fsp3) is 0.600. The van der Waals surface area contributed by atoms with Crippen molar-refractivity contribution in [2.24, 2.45) is 0 Å². The van der Waals surface area contributed by atoms with E-state index in [0.29, 0.717) is 5.33 Å². The van der Waals surface area contributed by atoms with Gasteiger partial charge in [-0.15, -0.1) is 34.8 Å². The normalized spacial score (nSPS) is 22.9. The van der Waals surface area contributed by atoms with Crippen LogP contribution in [0.2, 0.25) is 0 Å². The summed E-state index contributed by atoms with van der Waals surface area (Å²) in [5, 5.41) is 0.276. The van der Waals surface area contributed by atoms with Crippen LogP contribution in [0.4, 0.5) is 0 Å². The number of rotatable bonds is 5. The summed E-state index contributed by atoms with van der Waals surface area (Å²) in [5.41, 5.74) is 1.36. The molecule has 0 aromatic rings. The fourth-order valence-corrected chi connectivity index (χ4v) is 1.60. The second-order valence-electron chi connectivity index (χ2n) is 3.62. The van der Waals surface area contributed by atoms with Crippen LogP contribution >= 0.6 is 62.3 Å². The van der Waals surface area contributed by atoms with Crippen LogP contribution in [0.25, 0.3) is 0 Å². The average molecular weight is 355 g/mol. The van der Waals surface area contributed by atoms with Crippen LogP contribution < -0.4 is 0 Å². The topological polar surface area (TPSA) is 0 Å². The Balaban J connectivity index is 4.55. The molecular formula is C10H13BrCl4. The second kappa shape index (κ2) is 6.76. The lowest BCUT2D eigenvalue weighted by Crippen LogP contribution is -2.26. The number of alkyl halides is 4. The first-order chi connectivity index (χ1) is 6.75. The van der Waals surface area contributed by atoms with Crippen LogP contribution in [0.3, 0.4) is 0 Å². The minimum Gasteiger partial charge on any atom is -0.116 e. The Kier molecular flexibility index (Phi) is 7.26. The molecule has 0 aromatic heterocycles. The largest absolute Gasteiger partial charge is 0.116 e. The zero-order valence-electron chi connectivity index (χ0n) is 8.48. The molecule has 0 aliphatic carbocycles. The van der Waals surface area contributed by atoms with Gasteiger partial charge in [0.1, 0.15) is 0 Å². The molecule has 0 nitrogen and oxygen atoms in total. The molecule has 0 rings (SSSR count). The fourth-order valence-electron chi connectivity index (χ4n) is 0.733. The smallest absolute Gasteiger partial charge is 0.0807 e. The average Bonchev–Trinajstić information content (AvgIpc) is 2.14. The molecule has 0 bridgehead atoms. The van der Waals surface area contributed by atoms with E-state index < -0.39 is 9.75 Å². The third-order valence-corrected chi connectivity index (χ3v) is 4.75. The summed E-state index contributed by atoms with van der Waals surface area (Å²) in [6.07, 6.45) is 5.24. The molecular weight excluding hydrogens is 342 g/mol. The maximum Gasteiger partial charge on any atom is 0.0807 e. The minimum absolute atomic E-state index is 0.369. The van der Waals surface area contributed by atoms with Gasteiger partial charge in [-0.05, 0) is 13.8 Å². The van der Waals surface area contributed by atoms with Crippen LogP contribution in [0.1, 0.15) is 13.8 Å². The molecule has 0 aliphatic heterocycles. The molecule has 0 amide bonds. The molecule has 0 fully saturated rings. The van der Waals surface area contributed by atoms with Crippen molar-refractivity contribution in [2.45, 2.75) is 29.0 Å². The number of allylic oxidation sites excluding steroid dienone is 3. The van der Waals surface area contributed by atoms with Gasteiger partial charge in [0.15, 0.2) is 0 Å².